The van der Waals surface area contributed by atoms with Gasteiger partial charge in [0.1, 0.15) is 11.5 Å². The second kappa shape index (κ2) is 13.1. The molecule has 2 aromatic heterocycles. The van der Waals surface area contributed by atoms with E-state index in [4.69, 9.17) is 8.83 Å². The van der Waals surface area contributed by atoms with E-state index in [0.717, 1.165) is 0 Å². The number of carbonyl (C=O) groups excluding carboxylic acids is 2. The van der Waals surface area contributed by atoms with Gasteiger partial charge in [-0.1, -0.05) is 0 Å². The molecule has 0 aliphatic rings. The fourth-order valence-electron chi connectivity index (χ4n) is 3.94. The Morgan fingerprint density at radius 2 is 0.886 bits per heavy atom. The zero-order valence-electron chi connectivity index (χ0n) is 22.9. The molecule has 5 aromatic rings. The van der Waals surface area contributed by atoms with Gasteiger partial charge in [-0.3, -0.25) is 9.59 Å². The van der Waals surface area contributed by atoms with Gasteiger partial charge in [0.2, 0.25) is 20.0 Å². The Morgan fingerprint density at radius 3 is 1.20 bits per heavy atom. The molecule has 0 aliphatic carbocycles. The molecule has 0 fully saturated rings. The van der Waals surface area contributed by atoms with Crippen LogP contribution in [0.2, 0.25) is 0 Å². The van der Waals surface area contributed by atoms with Crippen LogP contribution in [0, 0.1) is 0 Å². The molecular formula is C30H26N4O8S2. The van der Waals surface area contributed by atoms with Crippen molar-refractivity contribution < 1.29 is 35.3 Å². The molecule has 14 heteroatoms. The summed E-state index contributed by atoms with van der Waals surface area (Å²) in [6.45, 7) is 0.00765. The monoisotopic (exact) mass is 634 g/mol. The topological polar surface area (TPSA) is 177 Å². The normalized spacial score (nSPS) is 11.6. The summed E-state index contributed by atoms with van der Waals surface area (Å²) in [6.07, 6.45) is 2.90. The molecule has 0 aliphatic heterocycles. The largest absolute Gasteiger partial charge is 0.468 e. The zero-order chi connectivity index (χ0) is 31.2. The predicted molar refractivity (Wildman–Crippen MR) is 161 cm³/mol. The van der Waals surface area contributed by atoms with E-state index < -0.39 is 31.9 Å². The number of nitrogens with one attached hydrogen (secondary N) is 4. The van der Waals surface area contributed by atoms with Crippen molar-refractivity contribution in [1.82, 2.24) is 9.44 Å². The SMILES string of the molecule is O=C(Nc1ccc(S(=O)(=O)NCc2ccco2)cc1)c1ccc(C(=O)Nc2ccc(S(=O)(=O)NCc3ccco3)cc2)cc1. The predicted octanol–water partition coefficient (Wildman–Crippen LogP) is 4.33. The van der Waals surface area contributed by atoms with Crippen molar-refractivity contribution >= 4 is 43.2 Å². The van der Waals surface area contributed by atoms with Crippen molar-refractivity contribution in [3.63, 3.8) is 0 Å². The van der Waals surface area contributed by atoms with Crippen molar-refractivity contribution in [3.05, 3.63) is 132 Å². The molecule has 0 saturated heterocycles. The molecule has 0 unspecified atom stereocenters. The Labute approximate surface area is 253 Å². The van der Waals surface area contributed by atoms with E-state index in [-0.39, 0.29) is 34.0 Å². The van der Waals surface area contributed by atoms with Gasteiger partial charge >= 0.3 is 0 Å². The van der Waals surface area contributed by atoms with E-state index in [1.165, 1.54) is 85.3 Å². The van der Waals surface area contributed by atoms with Gasteiger partial charge < -0.3 is 19.5 Å². The first kappa shape index (κ1) is 30.4. The van der Waals surface area contributed by atoms with Crippen LogP contribution in [-0.4, -0.2) is 28.6 Å². The van der Waals surface area contributed by atoms with Gasteiger partial charge in [0, 0.05) is 22.5 Å². The van der Waals surface area contributed by atoms with Crippen molar-refractivity contribution in [2.45, 2.75) is 22.9 Å². The minimum absolute atomic E-state index is 0.00382. The van der Waals surface area contributed by atoms with Crippen molar-refractivity contribution in [3.8, 4) is 0 Å². The van der Waals surface area contributed by atoms with Gasteiger partial charge in [0.25, 0.3) is 11.8 Å². The Balaban J connectivity index is 1.14. The number of hydrogen-bond donors (Lipinski definition) is 4. The molecule has 2 amide bonds. The van der Waals surface area contributed by atoms with Crippen LogP contribution >= 0.6 is 0 Å². The number of rotatable bonds is 12. The van der Waals surface area contributed by atoms with Gasteiger partial charge in [0.15, 0.2) is 0 Å². The van der Waals surface area contributed by atoms with Gasteiger partial charge in [0.05, 0.1) is 35.4 Å². The minimum atomic E-state index is -3.78. The molecule has 226 valence electrons. The Hall–Kier alpha value is -5.02. The summed E-state index contributed by atoms with van der Waals surface area (Å²) in [4.78, 5) is 25.5. The molecule has 0 atom stereocenters. The summed E-state index contributed by atoms with van der Waals surface area (Å²) in [6, 6.07) is 23.9. The second-order valence-electron chi connectivity index (χ2n) is 9.34. The van der Waals surface area contributed by atoms with Crippen LogP contribution in [0.4, 0.5) is 11.4 Å². The molecule has 44 heavy (non-hydrogen) atoms. The van der Waals surface area contributed by atoms with Crippen LogP contribution in [0.5, 0.6) is 0 Å². The molecule has 0 radical (unpaired) electrons. The molecule has 0 spiro atoms. The smallest absolute Gasteiger partial charge is 0.255 e. The van der Waals surface area contributed by atoms with Crippen LogP contribution < -0.4 is 20.1 Å². The fraction of sp³-hybridized carbons (Fsp3) is 0.0667. The first-order chi connectivity index (χ1) is 21.1. The van der Waals surface area contributed by atoms with Crippen LogP contribution in [0.15, 0.2) is 128 Å². The maximum Gasteiger partial charge on any atom is 0.255 e. The van der Waals surface area contributed by atoms with Crippen molar-refractivity contribution in [2.75, 3.05) is 10.6 Å². The lowest BCUT2D eigenvalue weighted by Gasteiger charge is -2.10. The average Bonchev–Trinajstić information content (AvgIpc) is 3.75. The first-order valence-electron chi connectivity index (χ1n) is 13.1. The highest BCUT2D eigenvalue weighted by molar-refractivity contribution is 7.89. The van der Waals surface area contributed by atoms with E-state index >= 15 is 0 Å². The number of benzene rings is 3. The number of carbonyl (C=O) groups is 2. The van der Waals surface area contributed by atoms with Gasteiger partial charge in [-0.2, -0.15) is 0 Å². The molecule has 4 N–H and O–H groups in total. The highest BCUT2D eigenvalue weighted by atomic mass is 32.2. The highest BCUT2D eigenvalue weighted by Crippen LogP contribution is 2.18. The summed E-state index contributed by atoms with van der Waals surface area (Å²) in [7, 11) is -7.56. The maximum atomic E-state index is 12.7. The van der Waals surface area contributed by atoms with Gasteiger partial charge in [-0.05, 0) is 97.1 Å². The van der Waals surface area contributed by atoms with Crippen LogP contribution in [0.3, 0.4) is 0 Å². The molecule has 5 rings (SSSR count). The summed E-state index contributed by atoms with van der Waals surface area (Å²) < 4.78 is 65.1. The third kappa shape index (κ3) is 7.67. The van der Waals surface area contributed by atoms with Crippen LogP contribution in [0.1, 0.15) is 32.2 Å². The lowest BCUT2D eigenvalue weighted by molar-refractivity contribution is 0.101. The number of amides is 2. The summed E-state index contributed by atoms with van der Waals surface area (Å²) in [5.74, 6) is 0.0270. The van der Waals surface area contributed by atoms with Crippen molar-refractivity contribution in [2.24, 2.45) is 0 Å². The Kier molecular flexibility index (Phi) is 9.06. The van der Waals surface area contributed by atoms with E-state index in [2.05, 4.69) is 20.1 Å². The van der Waals surface area contributed by atoms with Crippen molar-refractivity contribution in [1.29, 1.82) is 0 Å². The fourth-order valence-corrected chi connectivity index (χ4v) is 5.93. The second-order valence-corrected chi connectivity index (χ2v) is 12.9. The average molecular weight is 635 g/mol. The maximum absolute atomic E-state index is 12.7. The number of hydrogen-bond acceptors (Lipinski definition) is 8. The molecule has 0 saturated carbocycles. The van der Waals surface area contributed by atoms with E-state index in [9.17, 15) is 26.4 Å². The Morgan fingerprint density at radius 1 is 0.523 bits per heavy atom. The third-order valence-corrected chi connectivity index (χ3v) is 9.12. The summed E-state index contributed by atoms with van der Waals surface area (Å²) >= 11 is 0. The van der Waals surface area contributed by atoms with E-state index in [1.54, 1.807) is 24.3 Å². The molecule has 0 bridgehead atoms. The lowest BCUT2D eigenvalue weighted by Crippen LogP contribution is -2.23. The van der Waals surface area contributed by atoms with Crippen LogP contribution in [-0.2, 0) is 33.1 Å². The highest BCUT2D eigenvalue weighted by Gasteiger charge is 2.17. The van der Waals surface area contributed by atoms with E-state index in [1.807, 2.05) is 0 Å². The number of furan rings is 2. The standard InChI is InChI=1S/C30H26N4O8S2/c35-29(33-23-9-13-27(14-10-23)43(37,38)31-19-25-3-1-17-41-25)21-5-7-22(8-6-21)30(36)34-24-11-15-28(16-12-24)44(39,40)32-20-26-4-2-18-42-26/h1-18,31-32H,19-20H2,(H,33,35)(H,34,36). The van der Waals surface area contributed by atoms with Gasteiger partial charge in [-0.15, -0.1) is 0 Å². The van der Waals surface area contributed by atoms with Crippen LogP contribution in [0.25, 0.3) is 0 Å². The number of sulfonamides is 2. The van der Waals surface area contributed by atoms with E-state index in [0.29, 0.717) is 22.9 Å². The molecule has 12 nitrogen and oxygen atoms in total. The minimum Gasteiger partial charge on any atom is -0.468 e. The summed E-state index contributed by atoms with van der Waals surface area (Å²) in [5.41, 5.74) is 1.30. The quantitative estimate of drug-likeness (QED) is 0.157. The molecular weight excluding hydrogens is 608 g/mol. The molecule has 2 heterocycles. The number of anilines is 2. The first-order valence-corrected chi connectivity index (χ1v) is 16.0. The Bertz CT molecular complexity index is 1790. The third-order valence-electron chi connectivity index (χ3n) is 6.29. The lowest BCUT2D eigenvalue weighted by atomic mass is 10.1. The molecule has 3 aromatic carbocycles. The summed E-state index contributed by atoms with van der Waals surface area (Å²) in [5, 5.41) is 5.37. The zero-order valence-corrected chi connectivity index (χ0v) is 24.5. The van der Waals surface area contributed by atoms with Gasteiger partial charge in [-0.25, -0.2) is 26.3 Å².